The highest BCUT2D eigenvalue weighted by molar-refractivity contribution is 5.86. The number of imidazole rings is 2. The van der Waals surface area contributed by atoms with E-state index in [-0.39, 0.29) is 0 Å². The molecule has 0 radical (unpaired) electrons. The van der Waals surface area contributed by atoms with Gasteiger partial charge in [0, 0.05) is 16.9 Å². The average molecular weight is 340 g/mol. The van der Waals surface area contributed by atoms with Gasteiger partial charge in [-0.25, -0.2) is 9.97 Å². The highest BCUT2D eigenvalue weighted by Crippen LogP contribution is 2.26. The number of para-hydroxylation sites is 1. The third-order valence-electron chi connectivity index (χ3n) is 4.30. The number of anilines is 3. The lowest BCUT2D eigenvalue weighted by Crippen LogP contribution is -1.90. The van der Waals surface area contributed by atoms with Crippen LogP contribution in [-0.2, 0) is 0 Å². The number of nitrogen functional groups attached to an aromatic ring is 1. The number of rotatable bonds is 3. The van der Waals surface area contributed by atoms with Gasteiger partial charge in [-0.1, -0.05) is 18.2 Å². The van der Waals surface area contributed by atoms with E-state index in [0.29, 0.717) is 11.6 Å². The molecule has 0 atom stereocenters. The van der Waals surface area contributed by atoms with Crippen molar-refractivity contribution in [2.45, 2.75) is 0 Å². The largest absolute Gasteiger partial charge is 0.399 e. The number of aromatic amines is 2. The predicted molar refractivity (Wildman–Crippen MR) is 105 cm³/mol. The van der Waals surface area contributed by atoms with Crippen molar-refractivity contribution in [3.63, 3.8) is 0 Å². The minimum absolute atomic E-state index is 0.709. The van der Waals surface area contributed by atoms with Crippen molar-refractivity contribution in [3.8, 4) is 11.4 Å². The molecule has 2 aromatic heterocycles. The van der Waals surface area contributed by atoms with Gasteiger partial charge in [0.25, 0.3) is 0 Å². The lowest BCUT2D eigenvalue weighted by atomic mass is 10.2. The molecule has 0 spiro atoms. The van der Waals surface area contributed by atoms with Crippen molar-refractivity contribution >= 4 is 39.4 Å². The number of nitrogens with two attached hydrogens (primary N) is 1. The molecule has 26 heavy (non-hydrogen) atoms. The second-order valence-electron chi connectivity index (χ2n) is 6.17. The molecule has 3 aromatic carbocycles. The average Bonchev–Trinajstić information content (AvgIpc) is 3.24. The van der Waals surface area contributed by atoms with Crippen LogP contribution in [0.25, 0.3) is 33.5 Å². The third kappa shape index (κ3) is 2.53. The minimum Gasteiger partial charge on any atom is -0.399 e. The van der Waals surface area contributed by atoms with Crippen molar-refractivity contribution in [1.82, 2.24) is 19.9 Å². The first kappa shape index (κ1) is 14.5. The van der Waals surface area contributed by atoms with Gasteiger partial charge in [0.2, 0.25) is 5.95 Å². The van der Waals surface area contributed by atoms with Crippen molar-refractivity contribution in [2.24, 2.45) is 0 Å². The van der Waals surface area contributed by atoms with E-state index in [1.807, 2.05) is 66.7 Å². The monoisotopic (exact) mass is 340 g/mol. The van der Waals surface area contributed by atoms with Crippen LogP contribution in [0.2, 0.25) is 0 Å². The van der Waals surface area contributed by atoms with Gasteiger partial charge in [0.15, 0.2) is 0 Å². The molecule has 0 bridgehead atoms. The van der Waals surface area contributed by atoms with Crippen molar-refractivity contribution in [1.29, 1.82) is 0 Å². The first-order chi connectivity index (χ1) is 12.7. The van der Waals surface area contributed by atoms with Crippen LogP contribution in [-0.4, -0.2) is 19.9 Å². The van der Waals surface area contributed by atoms with E-state index < -0.39 is 0 Å². The molecule has 5 rings (SSSR count). The molecule has 0 saturated heterocycles. The Morgan fingerprint density at radius 1 is 0.769 bits per heavy atom. The number of aromatic nitrogens is 4. The summed E-state index contributed by atoms with van der Waals surface area (Å²) < 4.78 is 0. The van der Waals surface area contributed by atoms with Gasteiger partial charge >= 0.3 is 0 Å². The first-order valence-electron chi connectivity index (χ1n) is 8.32. The molecule has 0 aliphatic carbocycles. The van der Waals surface area contributed by atoms with E-state index in [2.05, 4.69) is 25.3 Å². The Balaban J connectivity index is 1.52. The van der Waals surface area contributed by atoms with Gasteiger partial charge in [0.1, 0.15) is 5.82 Å². The molecule has 5 aromatic rings. The van der Waals surface area contributed by atoms with Crippen LogP contribution in [0.4, 0.5) is 17.3 Å². The highest BCUT2D eigenvalue weighted by atomic mass is 15.1. The zero-order chi connectivity index (χ0) is 17.5. The topological polar surface area (TPSA) is 95.4 Å². The molecule has 0 fully saturated rings. The maximum Gasteiger partial charge on any atom is 0.205 e. The van der Waals surface area contributed by atoms with Gasteiger partial charge < -0.3 is 21.0 Å². The molecular weight excluding hydrogens is 324 g/mol. The summed E-state index contributed by atoms with van der Waals surface area (Å²) in [5.41, 5.74) is 12.2. The zero-order valence-electron chi connectivity index (χ0n) is 13.8. The summed E-state index contributed by atoms with van der Waals surface area (Å²) in [6, 6.07) is 21.6. The summed E-state index contributed by atoms with van der Waals surface area (Å²) in [6.07, 6.45) is 0. The molecule has 0 aliphatic rings. The smallest absolute Gasteiger partial charge is 0.205 e. The minimum atomic E-state index is 0.709. The Labute approximate surface area is 149 Å². The maximum atomic E-state index is 5.84. The van der Waals surface area contributed by atoms with Gasteiger partial charge in [-0.15, -0.1) is 0 Å². The van der Waals surface area contributed by atoms with E-state index in [4.69, 9.17) is 5.73 Å². The van der Waals surface area contributed by atoms with Crippen molar-refractivity contribution in [3.05, 3.63) is 66.7 Å². The number of nitrogens with zero attached hydrogens (tertiary/aromatic N) is 2. The predicted octanol–water partition coefficient (Wildman–Crippen LogP) is 4.43. The SMILES string of the molecule is Nc1ccc2nc(-c3ccc4nc(Nc5ccccc5)[nH]c4c3)[nH]c2c1. The van der Waals surface area contributed by atoms with E-state index in [1.54, 1.807) is 0 Å². The maximum absolute atomic E-state index is 5.84. The Morgan fingerprint density at radius 3 is 2.42 bits per heavy atom. The number of benzene rings is 3. The second kappa shape index (κ2) is 5.63. The summed E-state index contributed by atoms with van der Waals surface area (Å²) in [5.74, 6) is 1.51. The lowest BCUT2D eigenvalue weighted by molar-refractivity contribution is 1.31. The van der Waals surface area contributed by atoms with Crippen molar-refractivity contribution in [2.75, 3.05) is 11.1 Å². The summed E-state index contributed by atoms with van der Waals surface area (Å²) in [6.45, 7) is 0. The van der Waals surface area contributed by atoms with Crippen molar-refractivity contribution < 1.29 is 0 Å². The van der Waals surface area contributed by atoms with Gasteiger partial charge in [-0.2, -0.15) is 0 Å². The van der Waals surface area contributed by atoms with Crippen LogP contribution < -0.4 is 11.1 Å². The van der Waals surface area contributed by atoms with Crippen LogP contribution in [0, 0.1) is 0 Å². The molecule has 6 heteroatoms. The molecule has 0 saturated carbocycles. The Kier molecular flexibility index (Phi) is 3.15. The second-order valence-corrected chi connectivity index (χ2v) is 6.17. The van der Waals surface area contributed by atoms with E-state index in [9.17, 15) is 0 Å². The number of nitrogens with one attached hydrogen (secondary N) is 3. The van der Waals surface area contributed by atoms with Crippen LogP contribution in [0.3, 0.4) is 0 Å². The summed E-state index contributed by atoms with van der Waals surface area (Å²) in [4.78, 5) is 15.9. The van der Waals surface area contributed by atoms with Crippen LogP contribution >= 0.6 is 0 Å². The summed E-state index contributed by atoms with van der Waals surface area (Å²) in [7, 11) is 0. The van der Waals surface area contributed by atoms with E-state index in [0.717, 1.165) is 39.1 Å². The standard InChI is InChI=1S/C20H16N6/c21-13-7-9-15-18(11-13)24-19(23-15)12-6-8-16-17(10-12)26-20(25-16)22-14-4-2-1-3-5-14/h1-11H,21H2,(H,23,24)(H2,22,25,26). The molecule has 126 valence electrons. The lowest BCUT2D eigenvalue weighted by Gasteiger charge is -2.00. The number of hydrogen-bond acceptors (Lipinski definition) is 4. The van der Waals surface area contributed by atoms with E-state index in [1.165, 1.54) is 0 Å². The highest BCUT2D eigenvalue weighted by Gasteiger charge is 2.09. The Morgan fingerprint density at radius 2 is 1.54 bits per heavy atom. The molecule has 5 N–H and O–H groups in total. The molecule has 6 nitrogen and oxygen atoms in total. The fourth-order valence-electron chi connectivity index (χ4n) is 3.04. The third-order valence-corrected chi connectivity index (χ3v) is 4.30. The number of hydrogen-bond donors (Lipinski definition) is 4. The van der Waals surface area contributed by atoms with Gasteiger partial charge in [-0.3, -0.25) is 0 Å². The molecular formula is C20H16N6. The molecule has 2 heterocycles. The quantitative estimate of drug-likeness (QED) is 0.365. The number of H-pyrrole nitrogens is 2. The Hall–Kier alpha value is -3.80. The Bertz CT molecular complexity index is 1220. The first-order valence-corrected chi connectivity index (χ1v) is 8.32. The van der Waals surface area contributed by atoms with E-state index >= 15 is 0 Å². The summed E-state index contributed by atoms with van der Waals surface area (Å²) in [5, 5.41) is 3.28. The fourth-order valence-corrected chi connectivity index (χ4v) is 3.04. The van der Waals surface area contributed by atoms with Crippen LogP contribution in [0.15, 0.2) is 66.7 Å². The molecule has 0 aliphatic heterocycles. The van der Waals surface area contributed by atoms with Crippen LogP contribution in [0.5, 0.6) is 0 Å². The zero-order valence-corrected chi connectivity index (χ0v) is 13.8. The fraction of sp³-hybridized carbons (Fsp3) is 0. The van der Waals surface area contributed by atoms with Gasteiger partial charge in [0.05, 0.1) is 22.1 Å². The summed E-state index contributed by atoms with van der Waals surface area (Å²) >= 11 is 0. The molecule has 0 amide bonds. The van der Waals surface area contributed by atoms with Crippen LogP contribution in [0.1, 0.15) is 0 Å². The van der Waals surface area contributed by atoms with Gasteiger partial charge in [-0.05, 0) is 48.5 Å². The number of fused-ring (bicyclic) bond motifs is 2. The molecule has 0 unspecified atom stereocenters. The normalized spacial score (nSPS) is 11.2.